The Morgan fingerprint density at radius 2 is 1.49 bits per heavy atom. The summed E-state index contributed by atoms with van der Waals surface area (Å²) in [5.41, 5.74) is 10.6. The van der Waals surface area contributed by atoms with Crippen LogP contribution in [0.2, 0.25) is 0 Å². The van der Waals surface area contributed by atoms with Crippen molar-refractivity contribution in [2.75, 3.05) is 57.3 Å². The minimum atomic E-state index is -0.317. The number of amides is 3. The SMILES string of the molecule is Cc1c(N(C(=O)c2cc(-c3cc4c(cc3C(=O)N3Cc5ccccc5C[C@H]3CN3CCCCC3)CN(C(=O)Cc3ccc(OCCN5CC(C)OC(C)C5)cc3)CC4)n(C)c2C)c2ccc(O)cc2)cc(C#N)n1C. The molecule has 2 saturated heterocycles. The maximum atomic E-state index is 15.8. The summed E-state index contributed by atoms with van der Waals surface area (Å²) >= 11 is 0. The summed E-state index contributed by atoms with van der Waals surface area (Å²) in [5.74, 6) is 0.463. The molecule has 6 heterocycles. The maximum Gasteiger partial charge on any atom is 0.264 e. The van der Waals surface area contributed by atoms with Crippen molar-refractivity contribution in [1.29, 1.82) is 5.26 Å². The molecule has 3 atom stereocenters. The van der Waals surface area contributed by atoms with Crippen molar-refractivity contribution in [3.05, 3.63) is 153 Å². The molecule has 14 heteroatoms. The summed E-state index contributed by atoms with van der Waals surface area (Å²) in [7, 11) is 3.73. The second-order valence-corrected chi connectivity index (χ2v) is 21.3. The molecule has 4 aliphatic rings. The summed E-state index contributed by atoms with van der Waals surface area (Å²) in [4.78, 5) is 55.7. The molecule has 4 aromatic carbocycles. The number of morpholine rings is 1. The predicted molar refractivity (Wildman–Crippen MR) is 290 cm³/mol. The first kappa shape index (κ1) is 51.3. The number of likely N-dealkylation sites (tertiary alicyclic amines) is 1. The van der Waals surface area contributed by atoms with Gasteiger partial charge in [-0.25, -0.2) is 0 Å². The standard InChI is InChI=1S/C61H70N8O6/c1-40-35-66(36-41(2)75-40)26-27-74-53-20-14-44(15-21-53)28-59(71)67-25-22-46-30-55(56(31-48(46)37-67)60(72)68-38-47-13-9-8-12-45(47)29-51(68)39-65-23-10-7-11-24-65)58-33-54(42(3)64(58)6)61(73)69(49-16-18-52(70)19-17-49)57-32-50(34-62)63(5)43(57)4/h8-9,12-21,30-33,40-41,51,70H,7,10-11,22-29,35-39H2,1-6H3/t40?,41?,51-/m0/s1. The number of benzene rings is 4. The van der Waals surface area contributed by atoms with Gasteiger partial charge >= 0.3 is 0 Å². The molecule has 0 spiro atoms. The third kappa shape index (κ3) is 10.9. The van der Waals surface area contributed by atoms with Gasteiger partial charge in [-0.15, -0.1) is 0 Å². The Balaban J connectivity index is 0.970. The van der Waals surface area contributed by atoms with Gasteiger partial charge in [-0.05, 0) is 155 Å². The second-order valence-electron chi connectivity index (χ2n) is 21.3. The molecule has 4 aliphatic heterocycles. The van der Waals surface area contributed by atoms with Crippen LogP contribution in [0.3, 0.4) is 0 Å². The van der Waals surface area contributed by atoms with Crippen LogP contribution in [0.15, 0.2) is 97.1 Å². The minimum absolute atomic E-state index is 0.0194. The third-order valence-corrected chi connectivity index (χ3v) is 16.1. The third-order valence-electron chi connectivity index (χ3n) is 16.1. The molecule has 0 bridgehead atoms. The number of rotatable bonds is 13. The van der Waals surface area contributed by atoms with Crippen molar-refractivity contribution in [1.82, 2.24) is 28.7 Å². The number of phenolic OH excluding ortho intramolecular Hbond substituents is 1. The number of nitrogens with zero attached hydrogens (tertiary/aromatic N) is 8. The molecule has 2 unspecified atom stereocenters. The number of aromatic hydroxyl groups is 1. The van der Waals surface area contributed by atoms with E-state index in [1.165, 1.54) is 12.0 Å². The van der Waals surface area contributed by atoms with Gasteiger partial charge in [-0.3, -0.25) is 24.2 Å². The number of hydrogen-bond donors (Lipinski definition) is 1. The summed E-state index contributed by atoms with van der Waals surface area (Å²) in [6.45, 7) is 15.4. The number of phenols is 1. The smallest absolute Gasteiger partial charge is 0.264 e. The molecular weight excluding hydrogens is 941 g/mol. The number of hydrogen-bond acceptors (Lipinski definition) is 9. The fourth-order valence-electron chi connectivity index (χ4n) is 11.8. The summed E-state index contributed by atoms with van der Waals surface area (Å²) < 4.78 is 15.8. The van der Waals surface area contributed by atoms with Crippen LogP contribution in [0, 0.1) is 25.2 Å². The number of carbonyl (C=O) groups excluding carboxylic acids is 3. The number of piperidine rings is 1. The quantitative estimate of drug-likeness (QED) is 0.120. The highest BCUT2D eigenvalue weighted by Crippen LogP contribution is 2.39. The van der Waals surface area contributed by atoms with Gasteiger partial charge in [0.15, 0.2) is 0 Å². The summed E-state index contributed by atoms with van der Waals surface area (Å²) in [6, 6.07) is 32.7. The highest BCUT2D eigenvalue weighted by molar-refractivity contribution is 6.13. The van der Waals surface area contributed by atoms with E-state index in [1.54, 1.807) is 46.8 Å². The molecule has 1 N–H and O–H groups in total. The van der Waals surface area contributed by atoms with Crippen LogP contribution in [0.4, 0.5) is 11.4 Å². The van der Waals surface area contributed by atoms with Crippen LogP contribution in [-0.2, 0) is 56.0 Å². The maximum absolute atomic E-state index is 15.8. The van der Waals surface area contributed by atoms with E-state index in [1.807, 2.05) is 72.8 Å². The first-order valence-electron chi connectivity index (χ1n) is 26.7. The van der Waals surface area contributed by atoms with E-state index in [2.05, 4.69) is 58.9 Å². The van der Waals surface area contributed by atoms with Gasteiger partial charge in [-0.1, -0.05) is 42.8 Å². The average Bonchev–Trinajstić information content (AvgIpc) is 3.88. The molecule has 14 nitrogen and oxygen atoms in total. The topological polar surface area (TPSA) is 140 Å². The molecule has 2 fully saturated rings. The van der Waals surface area contributed by atoms with E-state index in [0.29, 0.717) is 66.6 Å². The lowest BCUT2D eigenvalue weighted by Crippen LogP contribution is -2.51. The van der Waals surface area contributed by atoms with E-state index < -0.39 is 0 Å². The van der Waals surface area contributed by atoms with Crippen LogP contribution in [0.1, 0.15) is 98.7 Å². The summed E-state index contributed by atoms with van der Waals surface area (Å²) in [6.07, 6.45) is 5.53. The fraction of sp³-hybridized carbons (Fsp3) is 0.410. The first-order valence-corrected chi connectivity index (χ1v) is 26.7. The van der Waals surface area contributed by atoms with Crippen molar-refractivity contribution in [2.45, 2.75) is 97.6 Å². The van der Waals surface area contributed by atoms with Gasteiger partial charge < -0.3 is 38.4 Å². The van der Waals surface area contributed by atoms with E-state index in [4.69, 9.17) is 9.47 Å². The molecule has 390 valence electrons. The van der Waals surface area contributed by atoms with Crippen LogP contribution in [0.25, 0.3) is 11.3 Å². The molecule has 0 radical (unpaired) electrons. The average molecular weight is 1010 g/mol. The zero-order valence-electron chi connectivity index (χ0n) is 44.3. The number of anilines is 2. The van der Waals surface area contributed by atoms with Gasteiger partial charge in [0.1, 0.15) is 29.9 Å². The van der Waals surface area contributed by atoms with Crippen molar-refractivity contribution in [3.63, 3.8) is 0 Å². The number of fused-ring (bicyclic) bond motifs is 2. The van der Waals surface area contributed by atoms with Crippen molar-refractivity contribution in [2.24, 2.45) is 14.1 Å². The van der Waals surface area contributed by atoms with Crippen LogP contribution in [0.5, 0.6) is 11.5 Å². The predicted octanol–water partition coefficient (Wildman–Crippen LogP) is 8.87. The number of nitriles is 1. The zero-order valence-corrected chi connectivity index (χ0v) is 44.3. The molecule has 0 aliphatic carbocycles. The lowest BCUT2D eigenvalue weighted by atomic mass is 9.89. The summed E-state index contributed by atoms with van der Waals surface area (Å²) in [5, 5.41) is 20.3. The van der Waals surface area contributed by atoms with Gasteiger partial charge in [0, 0.05) is 99.8 Å². The molecule has 10 rings (SSSR count). The lowest BCUT2D eigenvalue weighted by molar-refractivity contribution is -0.131. The largest absolute Gasteiger partial charge is 0.508 e. The van der Waals surface area contributed by atoms with Crippen molar-refractivity contribution >= 4 is 29.1 Å². The lowest BCUT2D eigenvalue weighted by Gasteiger charge is -2.41. The normalized spacial score (nSPS) is 19.0. The second kappa shape index (κ2) is 22.0. The molecule has 75 heavy (non-hydrogen) atoms. The number of carbonyl (C=O) groups is 3. The van der Waals surface area contributed by atoms with Crippen molar-refractivity contribution < 1.29 is 29.0 Å². The molecule has 3 amide bonds. The highest BCUT2D eigenvalue weighted by atomic mass is 16.5. The van der Waals surface area contributed by atoms with Crippen molar-refractivity contribution in [3.8, 4) is 28.8 Å². The first-order chi connectivity index (χ1) is 36.2. The van der Waals surface area contributed by atoms with Gasteiger partial charge in [0.05, 0.1) is 29.9 Å². The molecule has 2 aromatic heterocycles. The van der Waals surface area contributed by atoms with Gasteiger partial charge in [0.25, 0.3) is 11.8 Å². The Morgan fingerprint density at radius 3 is 2.20 bits per heavy atom. The monoisotopic (exact) mass is 1010 g/mol. The Bertz CT molecular complexity index is 3120. The van der Waals surface area contributed by atoms with Crippen LogP contribution >= 0.6 is 0 Å². The van der Waals surface area contributed by atoms with E-state index in [0.717, 1.165) is 103 Å². The van der Waals surface area contributed by atoms with Crippen LogP contribution in [-0.4, -0.2) is 122 Å². The zero-order chi connectivity index (χ0) is 52.5. The fourth-order valence-corrected chi connectivity index (χ4v) is 11.8. The number of ether oxygens (including phenoxy) is 2. The number of aromatic nitrogens is 2. The molecule has 6 aromatic rings. The Labute approximate surface area is 441 Å². The Hall–Kier alpha value is -7.18. The van der Waals surface area contributed by atoms with E-state index >= 15 is 9.59 Å². The van der Waals surface area contributed by atoms with Gasteiger partial charge in [0.2, 0.25) is 5.91 Å². The Morgan fingerprint density at radius 1 is 0.773 bits per heavy atom. The van der Waals surface area contributed by atoms with E-state index in [-0.39, 0.29) is 48.1 Å². The molecular formula is C61H70N8O6. The van der Waals surface area contributed by atoms with Crippen LogP contribution < -0.4 is 9.64 Å². The van der Waals surface area contributed by atoms with Gasteiger partial charge in [-0.2, -0.15) is 5.26 Å². The Kier molecular flexibility index (Phi) is 15.0. The molecule has 0 saturated carbocycles. The minimum Gasteiger partial charge on any atom is -0.508 e. The van der Waals surface area contributed by atoms with E-state index in [9.17, 15) is 15.2 Å². The highest BCUT2D eigenvalue weighted by Gasteiger charge is 2.36.